The van der Waals surface area contributed by atoms with E-state index < -0.39 is 29.9 Å². The van der Waals surface area contributed by atoms with Gasteiger partial charge in [-0.15, -0.1) is 0 Å². The first kappa shape index (κ1) is 16.4. The normalized spacial score (nSPS) is 11.1. The van der Waals surface area contributed by atoms with Crippen molar-refractivity contribution in [3.05, 3.63) is 28.5 Å². The van der Waals surface area contributed by atoms with Crippen LogP contribution in [-0.2, 0) is 4.79 Å². The van der Waals surface area contributed by atoms with Gasteiger partial charge < -0.3 is 15.3 Å². The molecular formula is C13H16BrFN2O3. The SMILES string of the molecule is CC(C)(C)N(CC(=O)O)C(=O)Nc1ccc(F)cc1Br. The number of nitrogens with one attached hydrogen (secondary N) is 1. The zero-order valence-corrected chi connectivity index (χ0v) is 13.0. The molecule has 20 heavy (non-hydrogen) atoms. The van der Waals surface area contributed by atoms with Crippen LogP contribution < -0.4 is 5.32 Å². The number of halogens is 2. The highest BCUT2D eigenvalue weighted by Gasteiger charge is 2.28. The van der Waals surface area contributed by atoms with E-state index in [0.29, 0.717) is 10.2 Å². The number of carboxylic acids is 1. The second-order valence-corrected chi connectivity index (χ2v) is 6.06. The number of nitrogens with zero attached hydrogens (tertiary/aromatic N) is 1. The molecule has 1 rings (SSSR count). The number of hydrogen-bond acceptors (Lipinski definition) is 2. The molecule has 0 saturated carbocycles. The van der Waals surface area contributed by atoms with Crippen LogP contribution in [0.5, 0.6) is 0 Å². The summed E-state index contributed by atoms with van der Waals surface area (Å²) in [6, 6.07) is 3.26. The van der Waals surface area contributed by atoms with E-state index >= 15 is 0 Å². The fourth-order valence-electron chi connectivity index (χ4n) is 1.52. The van der Waals surface area contributed by atoms with Gasteiger partial charge >= 0.3 is 12.0 Å². The third kappa shape index (κ3) is 4.48. The maximum Gasteiger partial charge on any atom is 0.323 e. The molecular weight excluding hydrogens is 331 g/mol. The summed E-state index contributed by atoms with van der Waals surface area (Å²) in [5.41, 5.74) is -0.286. The third-order valence-corrected chi connectivity index (χ3v) is 3.18. The van der Waals surface area contributed by atoms with Gasteiger partial charge in [0.15, 0.2) is 0 Å². The predicted molar refractivity (Wildman–Crippen MR) is 77.2 cm³/mol. The number of aliphatic carboxylic acids is 1. The minimum absolute atomic E-state index is 0.371. The van der Waals surface area contributed by atoms with Gasteiger partial charge in [0.2, 0.25) is 0 Å². The smallest absolute Gasteiger partial charge is 0.323 e. The molecule has 0 aliphatic rings. The fourth-order valence-corrected chi connectivity index (χ4v) is 1.97. The van der Waals surface area contributed by atoms with Crippen LogP contribution in [0, 0.1) is 5.82 Å². The number of urea groups is 1. The summed E-state index contributed by atoms with van der Waals surface area (Å²) in [6.45, 7) is 4.77. The maximum absolute atomic E-state index is 13.0. The van der Waals surface area contributed by atoms with E-state index in [-0.39, 0.29) is 0 Å². The lowest BCUT2D eigenvalue weighted by Gasteiger charge is -2.34. The van der Waals surface area contributed by atoms with Crippen LogP contribution in [0.2, 0.25) is 0 Å². The van der Waals surface area contributed by atoms with Crippen LogP contribution in [0.15, 0.2) is 22.7 Å². The molecule has 0 spiro atoms. The minimum atomic E-state index is -1.10. The maximum atomic E-state index is 13.0. The molecule has 0 fully saturated rings. The largest absolute Gasteiger partial charge is 0.480 e. The molecule has 2 N–H and O–H groups in total. The quantitative estimate of drug-likeness (QED) is 0.881. The summed E-state index contributed by atoms with van der Waals surface area (Å²) in [6.07, 6.45) is 0. The highest BCUT2D eigenvalue weighted by Crippen LogP contribution is 2.24. The van der Waals surface area contributed by atoms with E-state index in [4.69, 9.17) is 5.11 Å². The van der Waals surface area contributed by atoms with Gasteiger partial charge in [-0.3, -0.25) is 4.79 Å². The van der Waals surface area contributed by atoms with Crippen LogP contribution in [0.3, 0.4) is 0 Å². The summed E-state index contributed by atoms with van der Waals surface area (Å²) in [5, 5.41) is 11.4. The molecule has 0 radical (unpaired) electrons. The third-order valence-electron chi connectivity index (χ3n) is 2.52. The molecule has 0 aliphatic heterocycles. The van der Waals surface area contributed by atoms with Gasteiger partial charge in [0.05, 0.1) is 5.69 Å². The monoisotopic (exact) mass is 346 g/mol. The Bertz CT molecular complexity index is 529. The highest BCUT2D eigenvalue weighted by molar-refractivity contribution is 9.10. The van der Waals surface area contributed by atoms with E-state index in [2.05, 4.69) is 21.2 Å². The van der Waals surface area contributed by atoms with Crippen molar-refractivity contribution in [3.8, 4) is 0 Å². The summed E-state index contributed by atoms with van der Waals surface area (Å²) >= 11 is 3.14. The van der Waals surface area contributed by atoms with E-state index in [9.17, 15) is 14.0 Å². The van der Waals surface area contributed by atoms with Crippen LogP contribution in [-0.4, -0.2) is 34.1 Å². The van der Waals surface area contributed by atoms with Crippen LogP contribution in [0.4, 0.5) is 14.9 Å². The van der Waals surface area contributed by atoms with Crippen molar-refractivity contribution in [2.75, 3.05) is 11.9 Å². The summed E-state index contributed by atoms with van der Waals surface area (Å²) in [5.74, 6) is -1.54. The van der Waals surface area contributed by atoms with Crippen LogP contribution in [0.1, 0.15) is 20.8 Å². The molecule has 2 amide bonds. The molecule has 0 heterocycles. The van der Waals surface area contributed by atoms with Crippen molar-refractivity contribution in [3.63, 3.8) is 0 Å². The molecule has 0 saturated heterocycles. The number of carboxylic acid groups (broad SMARTS) is 1. The number of benzene rings is 1. The number of anilines is 1. The van der Waals surface area contributed by atoms with Crippen molar-refractivity contribution < 1.29 is 19.1 Å². The molecule has 7 heteroatoms. The van der Waals surface area contributed by atoms with Crippen molar-refractivity contribution in [1.29, 1.82) is 0 Å². The Balaban J connectivity index is 2.93. The first-order valence-electron chi connectivity index (χ1n) is 5.86. The molecule has 0 aliphatic carbocycles. The molecule has 5 nitrogen and oxygen atoms in total. The lowest BCUT2D eigenvalue weighted by atomic mass is 10.1. The zero-order valence-electron chi connectivity index (χ0n) is 11.4. The Morgan fingerprint density at radius 2 is 2.00 bits per heavy atom. The van der Waals surface area contributed by atoms with Crippen molar-refractivity contribution in [2.45, 2.75) is 26.3 Å². The van der Waals surface area contributed by atoms with Crippen molar-refractivity contribution in [1.82, 2.24) is 4.90 Å². The minimum Gasteiger partial charge on any atom is -0.480 e. The zero-order chi connectivity index (χ0) is 15.5. The standard InChI is InChI=1S/C13H16BrFN2O3/c1-13(2,3)17(7-11(18)19)12(20)16-10-5-4-8(15)6-9(10)14/h4-6H,7H2,1-3H3,(H,16,20)(H,18,19). The van der Waals surface area contributed by atoms with E-state index in [0.717, 1.165) is 0 Å². The molecule has 1 aromatic rings. The van der Waals surface area contributed by atoms with Crippen LogP contribution >= 0.6 is 15.9 Å². The lowest BCUT2D eigenvalue weighted by molar-refractivity contribution is -0.138. The average Bonchev–Trinajstić information content (AvgIpc) is 2.28. The number of rotatable bonds is 3. The Morgan fingerprint density at radius 3 is 2.45 bits per heavy atom. The molecule has 110 valence electrons. The van der Waals surface area contributed by atoms with Crippen LogP contribution in [0.25, 0.3) is 0 Å². The molecule has 0 unspecified atom stereocenters. The van der Waals surface area contributed by atoms with Gasteiger partial charge in [-0.05, 0) is 54.9 Å². The van der Waals surface area contributed by atoms with Gasteiger partial charge in [0.25, 0.3) is 0 Å². The summed E-state index contributed by atoms with van der Waals surface area (Å²) in [7, 11) is 0. The van der Waals surface area contributed by atoms with Gasteiger partial charge in [-0.1, -0.05) is 0 Å². The lowest BCUT2D eigenvalue weighted by Crippen LogP contribution is -2.50. The number of carbonyl (C=O) groups is 2. The second-order valence-electron chi connectivity index (χ2n) is 5.21. The van der Waals surface area contributed by atoms with Gasteiger partial charge in [0, 0.05) is 10.0 Å². The molecule has 0 atom stereocenters. The predicted octanol–water partition coefficient (Wildman–Crippen LogP) is 3.31. The Morgan fingerprint density at radius 1 is 1.40 bits per heavy atom. The van der Waals surface area contributed by atoms with Gasteiger partial charge in [0.1, 0.15) is 12.4 Å². The fraction of sp³-hybridized carbons (Fsp3) is 0.385. The van der Waals surface area contributed by atoms with E-state index in [1.54, 1.807) is 20.8 Å². The van der Waals surface area contributed by atoms with Crippen molar-refractivity contribution in [2.24, 2.45) is 0 Å². The summed E-state index contributed by atoms with van der Waals surface area (Å²) in [4.78, 5) is 24.2. The first-order chi connectivity index (χ1) is 9.11. The van der Waals surface area contributed by atoms with Gasteiger partial charge in [-0.2, -0.15) is 0 Å². The summed E-state index contributed by atoms with van der Waals surface area (Å²) < 4.78 is 13.4. The Kier molecular flexibility index (Phi) is 5.10. The Labute approximate surface area is 124 Å². The van der Waals surface area contributed by atoms with Crippen molar-refractivity contribution >= 4 is 33.6 Å². The second kappa shape index (κ2) is 6.21. The highest BCUT2D eigenvalue weighted by atomic mass is 79.9. The topological polar surface area (TPSA) is 69.6 Å². The number of carbonyl (C=O) groups excluding carboxylic acids is 1. The first-order valence-corrected chi connectivity index (χ1v) is 6.66. The van der Waals surface area contributed by atoms with E-state index in [1.165, 1.54) is 23.1 Å². The molecule has 0 aromatic heterocycles. The molecule has 1 aromatic carbocycles. The van der Waals surface area contributed by atoms with Gasteiger partial charge in [-0.25, -0.2) is 9.18 Å². The number of amides is 2. The molecule has 0 bridgehead atoms. The average molecular weight is 347 g/mol. The van der Waals surface area contributed by atoms with E-state index in [1.807, 2.05) is 0 Å². The number of hydrogen-bond donors (Lipinski definition) is 2. The Hall–Kier alpha value is -1.63.